The van der Waals surface area contributed by atoms with Crippen molar-refractivity contribution in [2.75, 3.05) is 25.0 Å². The Kier molecular flexibility index (Phi) is 3.58. The van der Waals surface area contributed by atoms with Crippen LogP contribution >= 0.6 is 0 Å². The molecule has 1 aliphatic rings. The number of amides is 1. The maximum atomic E-state index is 12.6. The van der Waals surface area contributed by atoms with Crippen LogP contribution in [0.5, 0.6) is 0 Å². The summed E-state index contributed by atoms with van der Waals surface area (Å²) in [6, 6.07) is 12.9. The molecule has 3 heterocycles. The summed E-state index contributed by atoms with van der Waals surface area (Å²) >= 11 is 0. The van der Waals surface area contributed by atoms with E-state index >= 15 is 0 Å². The Morgan fingerprint density at radius 3 is 2.96 bits per heavy atom. The number of nitrogens with zero attached hydrogens (tertiary/aromatic N) is 6. The zero-order valence-electron chi connectivity index (χ0n) is 13.7. The lowest BCUT2D eigenvalue weighted by Gasteiger charge is -2.44. The zero-order chi connectivity index (χ0) is 17.4. The Morgan fingerprint density at radius 1 is 1.32 bits per heavy atom. The molecule has 1 amide bonds. The maximum absolute atomic E-state index is 12.6. The third kappa shape index (κ3) is 2.68. The van der Waals surface area contributed by atoms with Crippen molar-refractivity contribution in [2.24, 2.45) is 0 Å². The van der Waals surface area contributed by atoms with E-state index in [9.17, 15) is 4.79 Å². The highest BCUT2D eigenvalue weighted by atomic mass is 16.2. The summed E-state index contributed by atoms with van der Waals surface area (Å²) < 4.78 is 1.74. The molecular formula is C18H16N6O. The van der Waals surface area contributed by atoms with Crippen LogP contribution in [0.25, 0.3) is 5.65 Å². The average Bonchev–Trinajstić information content (AvgIpc) is 3.07. The summed E-state index contributed by atoms with van der Waals surface area (Å²) in [5.41, 5.74) is 1.84. The highest BCUT2D eigenvalue weighted by Crippen LogP contribution is 2.22. The fourth-order valence-electron chi connectivity index (χ4n) is 2.95. The number of likely N-dealkylation sites (N-methyl/N-ethyl adjacent to an activating group) is 1. The average molecular weight is 332 g/mol. The first kappa shape index (κ1) is 15.1. The molecule has 0 N–H and O–H groups in total. The SMILES string of the molecule is CN(C(=O)c1cccc(C#N)c1)C1CN(c2ccc3nccn3n2)C1. The smallest absolute Gasteiger partial charge is 0.254 e. The Bertz CT molecular complexity index is 982. The van der Waals surface area contributed by atoms with Gasteiger partial charge in [-0.1, -0.05) is 6.07 Å². The summed E-state index contributed by atoms with van der Waals surface area (Å²) in [5.74, 6) is 0.800. The number of hydrogen-bond acceptors (Lipinski definition) is 5. The standard InChI is InChI=1S/C18H16N6O/c1-22(18(25)14-4-2-3-13(9-14)10-19)15-11-23(12-15)17-6-5-16-20-7-8-24(16)21-17/h2-9,15H,11-12H2,1H3. The van der Waals surface area contributed by atoms with E-state index in [1.807, 2.05) is 18.3 Å². The molecule has 0 saturated carbocycles. The predicted octanol–water partition coefficient (Wildman–Crippen LogP) is 1.56. The third-order valence-electron chi connectivity index (χ3n) is 4.53. The van der Waals surface area contributed by atoms with E-state index in [4.69, 9.17) is 5.26 Å². The van der Waals surface area contributed by atoms with Crippen molar-refractivity contribution in [3.63, 3.8) is 0 Å². The number of rotatable bonds is 3. The Labute approximate surface area is 144 Å². The molecule has 0 aliphatic carbocycles. The molecule has 7 nitrogen and oxygen atoms in total. The molecule has 2 aromatic heterocycles. The van der Waals surface area contributed by atoms with Crippen LogP contribution in [0, 0.1) is 11.3 Å². The molecule has 0 spiro atoms. The maximum Gasteiger partial charge on any atom is 0.254 e. The van der Waals surface area contributed by atoms with Gasteiger partial charge < -0.3 is 9.80 Å². The lowest BCUT2D eigenvalue weighted by Crippen LogP contribution is -2.60. The van der Waals surface area contributed by atoms with E-state index in [-0.39, 0.29) is 11.9 Å². The molecule has 0 bridgehead atoms. The minimum atomic E-state index is -0.0697. The minimum Gasteiger partial charge on any atom is -0.351 e. The number of aromatic nitrogens is 3. The van der Waals surface area contributed by atoms with Gasteiger partial charge in [-0.15, -0.1) is 5.10 Å². The van der Waals surface area contributed by atoms with Crippen molar-refractivity contribution in [1.82, 2.24) is 19.5 Å². The largest absolute Gasteiger partial charge is 0.351 e. The van der Waals surface area contributed by atoms with Gasteiger partial charge in [0.2, 0.25) is 0 Å². The lowest BCUT2D eigenvalue weighted by atomic mass is 10.1. The summed E-state index contributed by atoms with van der Waals surface area (Å²) in [6.45, 7) is 1.46. The van der Waals surface area contributed by atoms with Gasteiger partial charge in [0.25, 0.3) is 5.91 Å². The van der Waals surface area contributed by atoms with E-state index in [2.05, 4.69) is 21.1 Å². The molecule has 0 radical (unpaired) electrons. The van der Waals surface area contributed by atoms with Gasteiger partial charge in [0.15, 0.2) is 5.65 Å². The summed E-state index contributed by atoms with van der Waals surface area (Å²) in [7, 11) is 1.80. The molecule has 0 unspecified atom stereocenters. The first-order valence-corrected chi connectivity index (χ1v) is 7.98. The van der Waals surface area contributed by atoms with E-state index in [0.29, 0.717) is 11.1 Å². The molecule has 124 valence electrons. The Morgan fingerprint density at radius 2 is 2.16 bits per heavy atom. The Hall–Kier alpha value is -3.40. The second-order valence-corrected chi connectivity index (χ2v) is 6.09. The molecule has 1 aromatic carbocycles. The number of carbonyl (C=O) groups excluding carboxylic acids is 1. The second-order valence-electron chi connectivity index (χ2n) is 6.09. The monoisotopic (exact) mass is 332 g/mol. The van der Waals surface area contributed by atoms with Crippen molar-refractivity contribution in [1.29, 1.82) is 5.26 Å². The number of carbonyl (C=O) groups is 1. The van der Waals surface area contributed by atoms with Gasteiger partial charge in [0, 0.05) is 38.1 Å². The molecule has 3 aromatic rings. The Balaban J connectivity index is 1.44. The molecule has 1 aliphatic heterocycles. The van der Waals surface area contributed by atoms with Crippen LogP contribution in [0.1, 0.15) is 15.9 Å². The molecule has 7 heteroatoms. The quantitative estimate of drug-likeness (QED) is 0.727. The summed E-state index contributed by atoms with van der Waals surface area (Å²) in [6.07, 6.45) is 3.53. The predicted molar refractivity (Wildman–Crippen MR) is 92.2 cm³/mol. The number of benzene rings is 1. The minimum absolute atomic E-state index is 0.0697. The number of hydrogen-bond donors (Lipinski definition) is 0. The van der Waals surface area contributed by atoms with Crippen LogP contribution < -0.4 is 4.90 Å². The first-order valence-electron chi connectivity index (χ1n) is 7.98. The van der Waals surface area contributed by atoms with Gasteiger partial charge in [0.05, 0.1) is 17.7 Å². The topological polar surface area (TPSA) is 77.5 Å². The van der Waals surface area contributed by atoms with Gasteiger partial charge in [-0.3, -0.25) is 4.79 Å². The fourth-order valence-corrected chi connectivity index (χ4v) is 2.95. The molecule has 4 rings (SSSR count). The van der Waals surface area contributed by atoms with E-state index in [1.165, 1.54) is 0 Å². The summed E-state index contributed by atoms with van der Waals surface area (Å²) in [4.78, 5) is 20.6. The van der Waals surface area contributed by atoms with Gasteiger partial charge in [-0.2, -0.15) is 5.26 Å². The number of fused-ring (bicyclic) bond motifs is 1. The van der Waals surface area contributed by atoms with Crippen molar-refractivity contribution in [3.8, 4) is 6.07 Å². The number of imidazole rings is 1. The van der Waals surface area contributed by atoms with E-state index < -0.39 is 0 Å². The van der Waals surface area contributed by atoms with Crippen molar-refractivity contribution < 1.29 is 4.79 Å². The van der Waals surface area contributed by atoms with Crippen LogP contribution in [-0.2, 0) is 0 Å². The van der Waals surface area contributed by atoms with Crippen molar-refractivity contribution in [3.05, 3.63) is 59.9 Å². The highest BCUT2D eigenvalue weighted by Gasteiger charge is 2.33. The van der Waals surface area contributed by atoms with Crippen molar-refractivity contribution >= 4 is 17.4 Å². The van der Waals surface area contributed by atoms with Gasteiger partial charge in [-0.05, 0) is 30.3 Å². The first-order chi connectivity index (χ1) is 12.2. The molecular weight excluding hydrogens is 316 g/mol. The molecule has 0 atom stereocenters. The summed E-state index contributed by atoms with van der Waals surface area (Å²) in [5, 5.41) is 13.5. The molecule has 1 saturated heterocycles. The van der Waals surface area contributed by atoms with Crippen molar-refractivity contribution in [2.45, 2.75) is 6.04 Å². The van der Waals surface area contributed by atoms with Gasteiger partial charge >= 0.3 is 0 Å². The van der Waals surface area contributed by atoms with E-state index in [0.717, 1.165) is 24.6 Å². The lowest BCUT2D eigenvalue weighted by molar-refractivity contribution is 0.0705. The third-order valence-corrected chi connectivity index (χ3v) is 4.53. The number of anilines is 1. The molecule has 25 heavy (non-hydrogen) atoms. The second kappa shape index (κ2) is 5.91. The molecule has 1 fully saturated rings. The number of nitriles is 1. The van der Waals surface area contributed by atoms with Crippen LogP contribution in [-0.4, -0.2) is 51.6 Å². The van der Waals surface area contributed by atoms with Crippen LogP contribution in [0.15, 0.2) is 48.8 Å². The van der Waals surface area contributed by atoms with E-state index in [1.54, 1.807) is 46.9 Å². The van der Waals surface area contributed by atoms with Crippen LogP contribution in [0.4, 0.5) is 5.82 Å². The van der Waals surface area contributed by atoms with Crippen LogP contribution in [0.3, 0.4) is 0 Å². The van der Waals surface area contributed by atoms with Gasteiger partial charge in [0.1, 0.15) is 5.82 Å². The van der Waals surface area contributed by atoms with Crippen LogP contribution in [0.2, 0.25) is 0 Å². The fraction of sp³-hybridized carbons (Fsp3) is 0.222. The highest BCUT2D eigenvalue weighted by molar-refractivity contribution is 5.94. The van der Waals surface area contributed by atoms with Gasteiger partial charge in [-0.25, -0.2) is 9.50 Å². The zero-order valence-corrected chi connectivity index (χ0v) is 13.7. The normalized spacial score (nSPS) is 14.2.